The number of amides is 1. The maximum Gasteiger partial charge on any atom is 0.256 e. The standard InChI is InChI=1S/C16H16Br2N2O/c1-2-19-10-11-5-3-4-6-15(11)20-16(21)13-8-7-12(17)9-14(13)18/h3-9,19H,2,10H2,1H3,(H,20,21). The zero-order chi connectivity index (χ0) is 15.2. The van der Waals surface area contributed by atoms with E-state index in [0.29, 0.717) is 5.56 Å². The van der Waals surface area contributed by atoms with Gasteiger partial charge in [-0.3, -0.25) is 4.79 Å². The molecule has 0 radical (unpaired) electrons. The lowest BCUT2D eigenvalue weighted by molar-refractivity contribution is 0.102. The molecule has 2 N–H and O–H groups in total. The topological polar surface area (TPSA) is 41.1 Å². The van der Waals surface area contributed by atoms with Crippen LogP contribution in [0.25, 0.3) is 0 Å². The summed E-state index contributed by atoms with van der Waals surface area (Å²) in [7, 11) is 0. The number of benzene rings is 2. The molecule has 1 amide bonds. The normalized spacial score (nSPS) is 10.4. The molecule has 0 heterocycles. The molecule has 3 nitrogen and oxygen atoms in total. The Morgan fingerprint density at radius 1 is 1.14 bits per heavy atom. The van der Waals surface area contributed by atoms with Gasteiger partial charge < -0.3 is 10.6 Å². The number of carbonyl (C=O) groups excluding carboxylic acids is 1. The van der Waals surface area contributed by atoms with E-state index in [1.807, 2.05) is 36.4 Å². The van der Waals surface area contributed by atoms with Gasteiger partial charge in [0.05, 0.1) is 5.56 Å². The van der Waals surface area contributed by atoms with E-state index in [-0.39, 0.29) is 5.91 Å². The largest absolute Gasteiger partial charge is 0.322 e. The third-order valence-corrected chi connectivity index (χ3v) is 4.16. The van der Waals surface area contributed by atoms with E-state index in [1.54, 1.807) is 6.07 Å². The van der Waals surface area contributed by atoms with Crippen LogP contribution in [0.3, 0.4) is 0 Å². The van der Waals surface area contributed by atoms with Gasteiger partial charge in [-0.2, -0.15) is 0 Å². The molecule has 0 saturated carbocycles. The highest BCUT2D eigenvalue weighted by Crippen LogP contribution is 2.23. The molecule has 0 aromatic heterocycles. The van der Waals surface area contributed by atoms with E-state index in [9.17, 15) is 4.79 Å². The first kappa shape index (κ1) is 16.2. The molecule has 2 aromatic carbocycles. The van der Waals surface area contributed by atoms with Crippen LogP contribution in [0, 0.1) is 0 Å². The number of nitrogens with one attached hydrogen (secondary N) is 2. The maximum absolute atomic E-state index is 12.4. The van der Waals surface area contributed by atoms with Crippen molar-refractivity contribution in [2.75, 3.05) is 11.9 Å². The average Bonchev–Trinajstić information content (AvgIpc) is 2.46. The fourth-order valence-electron chi connectivity index (χ4n) is 1.92. The van der Waals surface area contributed by atoms with Crippen molar-refractivity contribution in [2.24, 2.45) is 0 Å². The van der Waals surface area contributed by atoms with Crippen LogP contribution < -0.4 is 10.6 Å². The number of hydrogen-bond donors (Lipinski definition) is 2. The number of carbonyl (C=O) groups is 1. The van der Waals surface area contributed by atoms with E-state index < -0.39 is 0 Å². The quantitative estimate of drug-likeness (QED) is 0.756. The Morgan fingerprint density at radius 3 is 2.62 bits per heavy atom. The lowest BCUT2D eigenvalue weighted by atomic mass is 10.1. The van der Waals surface area contributed by atoms with E-state index in [0.717, 1.165) is 33.3 Å². The fraction of sp³-hybridized carbons (Fsp3) is 0.188. The second kappa shape index (κ2) is 7.73. The highest BCUT2D eigenvalue weighted by molar-refractivity contribution is 9.11. The molecular formula is C16H16Br2N2O. The molecule has 0 saturated heterocycles. The summed E-state index contributed by atoms with van der Waals surface area (Å²) in [5.41, 5.74) is 2.51. The van der Waals surface area contributed by atoms with Gasteiger partial charge in [0.25, 0.3) is 5.91 Å². The van der Waals surface area contributed by atoms with Crippen LogP contribution >= 0.6 is 31.9 Å². The van der Waals surface area contributed by atoms with E-state index in [2.05, 4.69) is 49.4 Å². The van der Waals surface area contributed by atoms with Crippen LogP contribution in [0.2, 0.25) is 0 Å². The molecule has 2 rings (SSSR count). The van der Waals surface area contributed by atoms with Gasteiger partial charge in [0, 0.05) is 21.2 Å². The summed E-state index contributed by atoms with van der Waals surface area (Å²) in [6.45, 7) is 3.68. The van der Waals surface area contributed by atoms with Crippen molar-refractivity contribution in [2.45, 2.75) is 13.5 Å². The van der Waals surface area contributed by atoms with Gasteiger partial charge in [-0.25, -0.2) is 0 Å². The summed E-state index contributed by atoms with van der Waals surface area (Å²) in [6, 6.07) is 13.3. The summed E-state index contributed by atoms with van der Waals surface area (Å²) in [6.07, 6.45) is 0. The molecule has 0 aliphatic heterocycles. The van der Waals surface area contributed by atoms with Gasteiger partial charge in [-0.15, -0.1) is 0 Å². The van der Waals surface area contributed by atoms with Crippen LogP contribution in [0.1, 0.15) is 22.8 Å². The Kier molecular flexibility index (Phi) is 5.96. The summed E-state index contributed by atoms with van der Waals surface area (Å²) in [5, 5.41) is 6.24. The first-order valence-corrected chi connectivity index (χ1v) is 8.25. The molecule has 0 atom stereocenters. The second-order valence-corrected chi connectivity index (χ2v) is 6.29. The molecule has 110 valence electrons. The van der Waals surface area contributed by atoms with Crippen LogP contribution in [0.15, 0.2) is 51.4 Å². The van der Waals surface area contributed by atoms with Crippen molar-refractivity contribution < 1.29 is 4.79 Å². The van der Waals surface area contributed by atoms with Crippen LogP contribution in [-0.4, -0.2) is 12.5 Å². The van der Waals surface area contributed by atoms with Crippen LogP contribution in [0.5, 0.6) is 0 Å². The molecular weight excluding hydrogens is 396 g/mol. The second-order valence-electron chi connectivity index (χ2n) is 4.52. The lowest BCUT2D eigenvalue weighted by Crippen LogP contribution is -2.17. The van der Waals surface area contributed by atoms with Gasteiger partial charge in [0.15, 0.2) is 0 Å². The molecule has 0 fully saturated rings. The molecule has 5 heteroatoms. The van der Waals surface area contributed by atoms with Gasteiger partial charge in [0.2, 0.25) is 0 Å². The first-order valence-electron chi connectivity index (χ1n) is 6.67. The molecule has 2 aromatic rings. The van der Waals surface area contributed by atoms with Crippen molar-refractivity contribution in [1.29, 1.82) is 0 Å². The van der Waals surface area contributed by atoms with Gasteiger partial charge in [-0.1, -0.05) is 41.1 Å². The third kappa shape index (κ3) is 4.40. The van der Waals surface area contributed by atoms with Gasteiger partial charge in [-0.05, 0) is 52.3 Å². The Labute approximate surface area is 141 Å². The third-order valence-electron chi connectivity index (χ3n) is 3.01. The first-order chi connectivity index (χ1) is 10.1. The highest BCUT2D eigenvalue weighted by atomic mass is 79.9. The minimum atomic E-state index is -0.127. The lowest BCUT2D eigenvalue weighted by Gasteiger charge is -2.12. The highest BCUT2D eigenvalue weighted by Gasteiger charge is 2.12. The van der Waals surface area contributed by atoms with Crippen LogP contribution in [0.4, 0.5) is 5.69 Å². The van der Waals surface area contributed by atoms with Crippen LogP contribution in [-0.2, 0) is 6.54 Å². The Balaban J connectivity index is 2.19. The molecule has 0 aliphatic carbocycles. The van der Waals surface area contributed by atoms with E-state index in [1.165, 1.54) is 0 Å². The number of halogens is 2. The average molecular weight is 412 g/mol. The monoisotopic (exact) mass is 410 g/mol. The SMILES string of the molecule is CCNCc1ccccc1NC(=O)c1ccc(Br)cc1Br. The maximum atomic E-state index is 12.4. The summed E-state index contributed by atoms with van der Waals surface area (Å²) < 4.78 is 1.69. The van der Waals surface area contributed by atoms with E-state index >= 15 is 0 Å². The predicted molar refractivity (Wildman–Crippen MR) is 93.6 cm³/mol. The smallest absolute Gasteiger partial charge is 0.256 e. The number of hydrogen-bond acceptors (Lipinski definition) is 2. The Morgan fingerprint density at radius 2 is 1.90 bits per heavy atom. The Hall–Kier alpha value is -1.17. The van der Waals surface area contributed by atoms with Crippen molar-refractivity contribution in [3.63, 3.8) is 0 Å². The van der Waals surface area contributed by atoms with Gasteiger partial charge in [0.1, 0.15) is 0 Å². The Bertz CT molecular complexity index is 644. The number of anilines is 1. The summed E-state index contributed by atoms with van der Waals surface area (Å²) in [4.78, 5) is 12.4. The van der Waals surface area contributed by atoms with Crippen molar-refractivity contribution in [1.82, 2.24) is 5.32 Å². The zero-order valence-electron chi connectivity index (χ0n) is 11.6. The molecule has 0 spiro atoms. The number of rotatable bonds is 5. The van der Waals surface area contributed by atoms with E-state index in [4.69, 9.17) is 0 Å². The fourth-order valence-corrected chi connectivity index (χ4v) is 3.15. The summed E-state index contributed by atoms with van der Waals surface area (Å²) >= 11 is 6.80. The summed E-state index contributed by atoms with van der Waals surface area (Å²) in [5.74, 6) is -0.127. The minimum Gasteiger partial charge on any atom is -0.322 e. The predicted octanol–water partition coefficient (Wildman–Crippen LogP) is 4.57. The molecule has 0 aliphatic rings. The van der Waals surface area contributed by atoms with Gasteiger partial charge >= 0.3 is 0 Å². The minimum absolute atomic E-state index is 0.127. The van der Waals surface area contributed by atoms with Crippen molar-refractivity contribution in [3.05, 3.63) is 62.5 Å². The molecule has 21 heavy (non-hydrogen) atoms. The van der Waals surface area contributed by atoms with Crippen molar-refractivity contribution >= 4 is 43.5 Å². The number of para-hydroxylation sites is 1. The zero-order valence-corrected chi connectivity index (χ0v) is 14.8. The van der Waals surface area contributed by atoms with Crippen molar-refractivity contribution in [3.8, 4) is 0 Å². The molecule has 0 bridgehead atoms. The molecule has 0 unspecified atom stereocenters.